The first-order valence-corrected chi connectivity index (χ1v) is 7.55. The minimum atomic E-state index is -0.248. The lowest BCUT2D eigenvalue weighted by atomic mass is 10.2. The van der Waals surface area contributed by atoms with Crippen molar-refractivity contribution in [3.05, 3.63) is 78.4 Å². The second kappa shape index (κ2) is 6.04. The summed E-state index contributed by atoms with van der Waals surface area (Å²) in [6, 6.07) is 16.7. The fourth-order valence-corrected chi connectivity index (χ4v) is 2.51. The fraction of sp³-hybridized carbons (Fsp3) is 0.0526. The Morgan fingerprint density at radius 1 is 1.08 bits per heavy atom. The van der Waals surface area contributed by atoms with E-state index in [9.17, 15) is 4.79 Å². The lowest BCUT2D eigenvalue weighted by molar-refractivity contribution is 0.0925. The molecule has 0 aliphatic rings. The van der Waals surface area contributed by atoms with Crippen molar-refractivity contribution >= 4 is 16.9 Å². The van der Waals surface area contributed by atoms with Crippen LogP contribution in [-0.2, 0) is 6.54 Å². The van der Waals surface area contributed by atoms with E-state index in [1.165, 1.54) is 0 Å². The maximum atomic E-state index is 12.3. The first-order chi connectivity index (χ1) is 11.8. The predicted octanol–water partition coefficient (Wildman–Crippen LogP) is 4.02. The number of benzene rings is 1. The molecule has 4 aromatic rings. The number of rotatable bonds is 4. The third-order valence-corrected chi connectivity index (χ3v) is 3.70. The van der Waals surface area contributed by atoms with Gasteiger partial charge in [-0.25, -0.2) is 0 Å². The van der Waals surface area contributed by atoms with Gasteiger partial charge in [-0.15, -0.1) is 0 Å². The molecule has 0 fully saturated rings. The summed E-state index contributed by atoms with van der Waals surface area (Å²) in [7, 11) is 0. The number of pyridine rings is 1. The van der Waals surface area contributed by atoms with E-state index in [0.717, 1.165) is 16.6 Å². The van der Waals surface area contributed by atoms with Gasteiger partial charge >= 0.3 is 0 Å². The Bertz CT molecular complexity index is 954. The zero-order valence-electron chi connectivity index (χ0n) is 12.7. The minimum Gasteiger partial charge on any atom is -0.463 e. The Balaban J connectivity index is 1.48. The van der Waals surface area contributed by atoms with Gasteiger partial charge in [0, 0.05) is 18.1 Å². The topological polar surface area (TPSA) is 68.3 Å². The van der Waals surface area contributed by atoms with E-state index in [1.54, 1.807) is 18.5 Å². The van der Waals surface area contributed by atoms with Gasteiger partial charge in [0.2, 0.25) is 0 Å². The number of nitrogens with zero attached hydrogens (tertiary/aromatic N) is 1. The molecule has 1 amide bonds. The van der Waals surface area contributed by atoms with Gasteiger partial charge in [-0.2, -0.15) is 0 Å². The Kier molecular flexibility index (Phi) is 3.59. The molecule has 1 aromatic carbocycles. The Morgan fingerprint density at radius 2 is 2.00 bits per heavy atom. The summed E-state index contributed by atoms with van der Waals surface area (Å²) in [5, 5.41) is 3.77. The summed E-state index contributed by atoms with van der Waals surface area (Å²) < 4.78 is 10.9. The van der Waals surface area contributed by atoms with Gasteiger partial charge < -0.3 is 14.2 Å². The molecule has 0 aliphatic carbocycles. The lowest BCUT2D eigenvalue weighted by Gasteiger charge is -2.04. The van der Waals surface area contributed by atoms with Crippen molar-refractivity contribution in [2.75, 3.05) is 0 Å². The molecule has 0 atom stereocenters. The number of amides is 1. The summed E-state index contributed by atoms with van der Waals surface area (Å²) in [6.07, 6.45) is 3.30. The van der Waals surface area contributed by atoms with E-state index >= 15 is 0 Å². The van der Waals surface area contributed by atoms with Gasteiger partial charge in [0.1, 0.15) is 11.3 Å². The summed E-state index contributed by atoms with van der Waals surface area (Å²) in [4.78, 5) is 16.5. The molecule has 24 heavy (non-hydrogen) atoms. The van der Waals surface area contributed by atoms with Crippen molar-refractivity contribution in [1.29, 1.82) is 0 Å². The highest BCUT2D eigenvalue weighted by Crippen LogP contribution is 2.20. The van der Waals surface area contributed by atoms with Crippen LogP contribution in [0.4, 0.5) is 0 Å². The quantitative estimate of drug-likeness (QED) is 0.617. The van der Waals surface area contributed by atoms with Gasteiger partial charge in [-0.1, -0.05) is 18.2 Å². The molecule has 5 heteroatoms. The molecule has 0 unspecified atom stereocenters. The second-order valence-corrected chi connectivity index (χ2v) is 5.36. The second-order valence-electron chi connectivity index (χ2n) is 5.36. The van der Waals surface area contributed by atoms with E-state index in [1.807, 2.05) is 48.5 Å². The Labute approximate surface area is 137 Å². The van der Waals surface area contributed by atoms with Crippen LogP contribution < -0.4 is 5.32 Å². The van der Waals surface area contributed by atoms with Crippen LogP contribution in [0, 0.1) is 0 Å². The predicted molar refractivity (Wildman–Crippen MR) is 89.3 cm³/mol. The molecule has 0 bridgehead atoms. The third-order valence-electron chi connectivity index (χ3n) is 3.70. The highest BCUT2D eigenvalue weighted by Gasteiger charge is 2.12. The van der Waals surface area contributed by atoms with Crippen molar-refractivity contribution in [1.82, 2.24) is 10.3 Å². The zero-order valence-corrected chi connectivity index (χ0v) is 12.7. The first-order valence-electron chi connectivity index (χ1n) is 7.55. The van der Waals surface area contributed by atoms with Crippen LogP contribution in [-0.4, -0.2) is 10.9 Å². The van der Waals surface area contributed by atoms with Crippen molar-refractivity contribution < 1.29 is 13.6 Å². The Hall–Kier alpha value is -3.34. The molecule has 3 aromatic heterocycles. The van der Waals surface area contributed by atoms with Crippen molar-refractivity contribution in [3.63, 3.8) is 0 Å². The van der Waals surface area contributed by atoms with Crippen molar-refractivity contribution in [2.45, 2.75) is 6.54 Å². The van der Waals surface area contributed by atoms with Gasteiger partial charge in [-0.05, 0) is 42.0 Å². The molecular formula is C19H14N2O3. The number of hydrogen-bond acceptors (Lipinski definition) is 4. The number of aromatic nitrogens is 1. The standard InChI is InChI=1S/C19H14N2O3/c22-19(18-11-14-4-1-2-5-16(14)24-18)21-12-13-7-8-20-15(10-13)17-6-3-9-23-17/h1-11H,12H2,(H,21,22). The van der Waals surface area contributed by atoms with Crippen LogP contribution in [0.2, 0.25) is 0 Å². The number of nitrogens with one attached hydrogen (secondary N) is 1. The maximum absolute atomic E-state index is 12.3. The van der Waals surface area contributed by atoms with E-state index in [0.29, 0.717) is 23.6 Å². The summed E-state index contributed by atoms with van der Waals surface area (Å²) in [6.45, 7) is 0.381. The monoisotopic (exact) mass is 318 g/mol. The van der Waals surface area contributed by atoms with Crippen molar-refractivity contribution in [3.8, 4) is 11.5 Å². The molecule has 3 heterocycles. The molecule has 4 rings (SSSR count). The van der Waals surface area contributed by atoms with E-state index in [-0.39, 0.29) is 5.91 Å². The highest BCUT2D eigenvalue weighted by atomic mass is 16.3. The van der Waals surface area contributed by atoms with Gasteiger partial charge in [0.05, 0.1) is 6.26 Å². The molecule has 0 spiro atoms. The number of hydrogen-bond donors (Lipinski definition) is 1. The molecule has 0 saturated heterocycles. The molecule has 1 N–H and O–H groups in total. The average Bonchev–Trinajstić information content (AvgIpc) is 3.29. The summed E-state index contributed by atoms with van der Waals surface area (Å²) >= 11 is 0. The van der Waals surface area contributed by atoms with Gasteiger partial charge in [-0.3, -0.25) is 9.78 Å². The smallest absolute Gasteiger partial charge is 0.287 e. The SMILES string of the molecule is O=C(NCc1ccnc(-c2ccco2)c1)c1cc2ccccc2o1. The Morgan fingerprint density at radius 3 is 2.83 bits per heavy atom. The van der Waals surface area contributed by atoms with Crippen LogP contribution in [0.1, 0.15) is 16.1 Å². The first kappa shape index (κ1) is 14.3. The van der Waals surface area contributed by atoms with E-state index in [2.05, 4.69) is 10.3 Å². The lowest BCUT2D eigenvalue weighted by Crippen LogP contribution is -2.22. The summed E-state index contributed by atoms with van der Waals surface area (Å²) in [5.74, 6) is 0.750. The number of furan rings is 2. The largest absolute Gasteiger partial charge is 0.463 e. The zero-order chi connectivity index (χ0) is 16.4. The molecule has 118 valence electrons. The number of carbonyl (C=O) groups is 1. The highest BCUT2D eigenvalue weighted by molar-refractivity contribution is 5.96. The third kappa shape index (κ3) is 2.79. The number of para-hydroxylation sites is 1. The van der Waals surface area contributed by atoms with Crippen LogP contribution >= 0.6 is 0 Å². The van der Waals surface area contributed by atoms with Gasteiger partial charge in [0.15, 0.2) is 11.5 Å². The van der Waals surface area contributed by atoms with Gasteiger partial charge in [0.25, 0.3) is 5.91 Å². The van der Waals surface area contributed by atoms with Crippen molar-refractivity contribution in [2.24, 2.45) is 0 Å². The minimum absolute atomic E-state index is 0.248. The number of carbonyl (C=O) groups excluding carboxylic acids is 1. The molecular weight excluding hydrogens is 304 g/mol. The van der Waals surface area contributed by atoms with E-state index in [4.69, 9.17) is 8.83 Å². The molecule has 0 aliphatic heterocycles. The average molecular weight is 318 g/mol. The van der Waals surface area contributed by atoms with E-state index < -0.39 is 0 Å². The maximum Gasteiger partial charge on any atom is 0.287 e. The van der Waals surface area contributed by atoms with Crippen LogP contribution in [0.15, 0.2) is 75.9 Å². The van der Waals surface area contributed by atoms with Crippen LogP contribution in [0.3, 0.4) is 0 Å². The number of fused-ring (bicyclic) bond motifs is 1. The summed E-state index contributed by atoms with van der Waals surface area (Å²) in [5.41, 5.74) is 2.36. The normalized spacial score (nSPS) is 10.8. The van der Waals surface area contributed by atoms with Crippen LogP contribution in [0.25, 0.3) is 22.4 Å². The molecule has 5 nitrogen and oxygen atoms in total. The molecule has 0 radical (unpaired) electrons. The fourth-order valence-electron chi connectivity index (χ4n) is 2.51. The molecule has 0 saturated carbocycles. The van der Waals surface area contributed by atoms with Crippen LogP contribution in [0.5, 0.6) is 0 Å².